The first-order valence-corrected chi connectivity index (χ1v) is 3.93. The van der Waals surface area contributed by atoms with Crippen LogP contribution < -0.4 is 0 Å². The molecular formula is C9H8O4. The van der Waals surface area contributed by atoms with E-state index in [4.69, 9.17) is 4.74 Å². The first-order chi connectivity index (χ1) is 6.22. The van der Waals surface area contributed by atoms with E-state index in [1.807, 2.05) is 0 Å². The van der Waals surface area contributed by atoms with Gasteiger partial charge >= 0.3 is 11.9 Å². The molecule has 2 rings (SSSR count). The summed E-state index contributed by atoms with van der Waals surface area (Å²) >= 11 is 0. The molecule has 0 saturated carbocycles. The van der Waals surface area contributed by atoms with Gasteiger partial charge in [0.25, 0.3) is 0 Å². The normalized spacial score (nSPS) is 26.1. The van der Waals surface area contributed by atoms with Crippen LogP contribution in [0.1, 0.15) is 6.42 Å². The predicted molar refractivity (Wildman–Crippen MR) is 42.4 cm³/mol. The number of cyclic esters (lactones) is 2. The van der Waals surface area contributed by atoms with E-state index in [1.165, 1.54) is 7.11 Å². The minimum Gasteiger partial charge on any atom is -0.501 e. The van der Waals surface area contributed by atoms with Crippen LogP contribution in [0.3, 0.4) is 0 Å². The zero-order valence-corrected chi connectivity index (χ0v) is 7.07. The summed E-state index contributed by atoms with van der Waals surface area (Å²) in [5.41, 5.74) is 0.436. The summed E-state index contributed by atoms with van der Waals surface area (Å²) < 4.78 is 9.45. The van der Waals surface area contributed by atoms with Crippen LogP contribution in [0.15, 0.2) is 23.5 Å². The van der Waals surface area contributed by atoms with Crippen LogP contribution >= 0.6 is 0 Å². The third kappa shape index (κ3) is 1.14. The van der Waals surface area contributed by atoms with E-state index in [0.717, 1.165) is 0 Å². The molecule has 4 heteroatoms. The molecule has 2 aliphatic rings. The maximum Gasteiger partial charge on any atom is 0.342 e. The van der Waals surface area contributed by atoms with Crippen LogP contribution in [-0.4, -0.2) is 19.0 Å². The SMILES string of the molecule is COC1=CC=C2C(=O)OC(=O)C2C1. The van der Waals surface area contributed by atoms with Gasteiger partial charge in [-0.2, -0.15) is 0 Å². The smallest absolute Gasteiger partial charge is 0.342 e. The highest BCUT2D eigenvalue weighted by Crippen LogP contribution is 2.32. The number of allylic oxidation sites excluding steroid dienone is 3. The Hall–Kier alpha value is -1.58. The molecule has 0 N–H and O–H groups in total. The topological polar surface area (TPSA) is 52.6 Å². The van der Waals surface area contributed by atoms with Crippen molar-refractivity contribution in [3.63, 3.8) is 0 Å². The van der Waals surface area contributed by atoms with Crippen molar-refractivity contribution in [3.8, 4) is 0 Å². The molecule has 1 aliphatic carbocycles. The summed E-state index contributed by atoms with van der Waals surface area (Å²) in [5, 5.41) is 0. The van der Waals surface area contributed by atoms with Gasteiger partial charge in [-0.25, -0.2) is 4.79 Å². The monoisotopic (exact) mass is 180 g/mol. The second kappa shape index (κ2) is 2.73. The molecule has 0 radical (unpaired) electrons. The minimum atomic E-state index is -0.526. The standard InChI is InChI=1S/C9H8O4/c1-12-5-2-3-6-7(4-5)9(11)13-8(6)10/h2-3,7H,4H2,1H3. The summed E-state index contributed by atoms with van der Waals surface area (Å²) in [5.74, 6) is -0.756. The summed E-state index contributed by atoms with van der Waals surface area (Å²) in [4.78, 5) is 22.1. The average Bonchev–Trinajstić information content (AvgIpc) is 2.42. The number of ether oxygens (including phenoxy) is 2. The quantitative estimate of drug-likeness (QED) is 0.436. The van der Waals surface area contributed by atoms with Crippen molar-refractivity contribution in [1.29, 1.82) is 0 Å². The zero-order valence-electron chi connectivity index (χ0n) is 7.07. The van der Waals surface area contributed by atoms with Gasteiger partial charge in [0.05, 0.1) is 24.4 Å². The molecule has 0 aromatic rings. The first-order valence-electron chi connectivity index (χ1n) is 3.93. The van der Waals surface area contributed by atoms with Gasteiger partial charge in [0.2, 0.25) is 0 Å². The fourth-order valence-electron chi connectivity index (χ4n) is 1.47. The van der Waals surface area contributed by atoms with E-state index < -0.39 is 17.9 Å². The highest BCUT2D eigenvalue weighted by Gasteiger charge is 2.40. The first kappa shape index (κ1) is 8.04. The van der Waals surface area contributed by atoms with Gasteiger partial charge < -0.3 is 9.47 Å². The molecule has 1 unspecified atom stereocenters. The maximum absolute atomic E-state index is 11.1. The lowest BCUT2D eigenvalue weighted by molar-refractivity contribution is -0.152. The average molecular weight is 180 g/mol. The number of carbonyl (C=O) groups excluding carboxylic acids is 2. The van der Waals surface area contributed by atoms with Crippen LogP contribution in [0, 0.1) is 5.92 Å². The number of esters is 2. The molecule has 1 aliphatic heterocycles. The van der Waals surface area contributed by atoms with E-state index in [1.54, 1.807) is 12.2 Å². The van der Waals surface area contributed by atoms with Crippen LogP contribution in [0.5, 0.6) is 0 Å². The molecule has 1 heterocycles. The van der Waals surface area contributed by atoms with Gasteiger partial charge in [-0.15, -0.1) is 0 Å². The van der Waals surface area contributed by atoms with E-state index in [0.29, 0.717) is 17.8 Å². The lowest BCUT2D eigenvalue weighted by atomic mass is 9.93. The number of methoxy groups -OCH3 is 1. The fourth-order valence-corrected chi connectivity index (χ4v) is 1.47. The fraction of sp³-hybridized carbons (Fsp3) is 0.333. The summed E-state index contributed by atoms with van der Waals surface area (Å²) in [6, 6.07) is 0. The van der Waals surface area contributed by atoms with E-state index >= 15 is 0 Å². The molecule has 0 bridgehead atoms. The van der Waals surface area contributed by atoms with Crippen molar-refractivity contribution < 1.29 is 19.1 Å². The molecule has 4 nitrogen and oxygen atoms in total. The zero-order chi connectivity index (χ0) is 9.42. The molecule has 1 fully saturated rings. The number of carbonyl (C=O) groups is 2. The molecule has 0 aromatic carbocycles. The second-order valence-electron chi connectivity index (χ2n) is 2.92. The summed E-state index contributed by atoms with van der Waals surface area (Å²) in [7, 11) is 1.53. The second-order valence-corrected chi connectivity index (χ2v) is 2.92. The molecule has 0 aromatic heterocycles. The predicted octanol–water partition coefficient (Wildman–Crippen LogP) is 0.546. The molecule has 1 saturated heterocycles. The Kier molecular flexibility index (Phi) is 1.69. The maximum atomic E-state index is 11.1. The number of hydrogen-bond acceptors (Lipinski definition) is 4. The number of hydrogen-bond donors (Lipinski definition) is 0. The lowest BCUT2D eigenvalue weighted by Gasteiger charge is -2.12. The van der Waals surface area contributed by atoms with Crippen molar-refractivity contribution in [3.05, 3.63) is 23.5 Å². The van der Waals surface area contributed by atoms with Gasteiger partial charge in [-0.3, -0.25) is 4.79 Å². The van der Waals surface area contributed by atoms with Crippen LogP contribution in [-0.2, 0) is 19.1 Å². The highest BCUT2D eigenvalue weighted by molar-refractivity contribution is 6.08. The molecular weight excluding hydrogens is 172 g/mol. The van der Waals surface area contributed by atoms with E-state index in [2.05, 4.69) is 4.74 Å². The molecule has 0 spiro atoms. The Bertz CT molecular complexity index is 338. The van der Waals surface area contributed by atoms with Gasteiger partial charge in [-0.1, -0.05) is 0 Å². The molecule has 1 atom stereocenters. The molecule has 68 valence electrons. The summed E-state index contributed by atoms with van der Waals surface area (Å²) in [6.45, 7) is 0. The van der Waals surface area contributed by atoms with Gasteiger partial charge in [-0.05, 0) is 12.2 Å². The summed E-state index contributed by atoms with van der Waals surface area (Å²) in [6.07, 6.45) is 3.69. The Balaban J connectivity index is 2.33. The Morgan fingerprint density at radius 1 is 1.46 bits per heavy atom. The van der Waals surface area contributed by atoms with Gasteiger partial charge in [0.15, 0.2) is 0 Å². The third-order valence-electron chi connectivity index (χ3n) is 2.21. The van der Waals surface area contributed by atoms with Crippen molar-refractivity contribution in [2.24, 2.45) is 5.92 Å². The van der Waals surface area contributed by atoms with Crippen LogP contribution in [0.25, 0.3) is 0 Å². The number of rotatable bonds is 1. The van der Waals surface area contributed by atoms with Crippen molar-refractivity contribution in [1.82, 2.24) is 0 Å². The lowest BCUT2D eigenvalue weighted by Crippen LogP contribution is -2.13. The van der Waals surface area contributed by atoms with Crippen molar-refractivity contribution in [2.45, 2.75) is 6.42 Å². The van der Waals surface area contributed by atoms with Crippen LogP contribution in [0.2, 0.25) is 0 Å². The molecule has 0 amide bonds. The van der Waals surface area contributed by atoms with Crippen molar-refractivity contribution in [2.75, 3.05) is 7.11 Å². The minimum absolute atomic E-state index is 0.424. The Morgan fingerprint density at radius 3 is 2.92 bits per heavy atom. The van der Waals surface area contributed by atoms with E-state index in [9.17, 15) is 9.59 Å². The highest BCUT2D eigenvalue weighted by atomic mass is 16.6. The third-order valence-corrected chi connectivity index (χ3v) is 2.21. The Morgan fingerprint density at radius 2 is 2.23 bits per heavy atom. The van der Waals surface area contributed by atoms with E-state index in [-0.39, 0.29) is 0 Å². The van der Waals surface area contributed by atoms with Gasteiger partial charge in [0, 0.05) is 6.42 Å². The van der Waals surface area contributed by atoms with Crippen LogP contribution in [0.4, 0.5) is 0 Å². The largest absolute Gasteiger partial charge is 0.501 e. The Labute approximate surface area is 74.8 Å². The molecule has 13 heavy (non-hydrogen) atoms. The van der Waals surface area contributed by atoms with Crippen molar-refractivity contribution >= 4 is 11.9 Å². The number of fused-ring (bicyclic) bond motifs is 1. The van der Waals surface area contributed by atoms with Gasteiger partial charge in [0.1, 0.15) is 0 Å².